The molecule has 0 aliphatic carbocycles. The van der Waals surface area contributed by atoms with Crippen molar-refractivity contribution in [3.63, 3.8) is 0 Å². The topological polar surface area (TPSA) is 103 Å². The van der Waals surface area contributed by atoms with E-state index in [-0.39, 0.29) is 11.3 Å². The Labute approximate surface area is 155 Å². The highest BCUT2D eigenvalue weighted by atomic mass is 16.6. The number of non-ortho nitro benzene ring substituents is 1. The van der Waals surface area contributed by atoms with Gasteiger partial charge >= 0.3 is 0 Å². The van der Waals surface area contributed by atoms with Crippen molar-refractivity contribution in [1.29, 1.82) is 0 Å². The minimum absolute atomic E-state index is 0.151. The van der Waals surface area contributed by atoms with Crippen molar-refractivity contribution in [2.24, 2.45) is 5.10 Å². The number of ether oxygens (including phenoxy) is 2. The molecule has 0 fully saturated rings. The monoisotopic (exact) mass is 369 g/mol. The summed E-state index contributed by atoms with van der Waals surface area (Å²) in [4.78, 5) is 22.5. The number of hydrazone groups is 1. The van der Waals surface area contributed by atoms with E-state index >= 15 is 0 Å². The molecule has 0 unspecified atom stereocenters. The lowest BCUT2D eigenvalue weighted by Gasteiger charge is -2.17. The van der Waals surface area contributed by atoms with Gasteiger partial charge in [-0.05, 0) is 44.0 Å². The molecule has 0 spiro atoms. The van der Waals surface area contributed by atoms with Gasteiger partial charge in [-0.15, -0.1) is 0 Å². The summed E-state index contributed by atoms with van der Waals surface area (Å²) >= 11 is 0. The van der Waals surface area contributed by atoms with E-state index in [1.54, 1.807) is 6.92 Å². The van der Waals surface area contributed by atoms with Gasteiger partial charge in [0.15, 0.2) is 11.5 Å². The fourth-order valence-electron chi connectivity index (χ4n) is 2.56. The van der Waals surface area contributed by atoms with Crippen LogP contribution in [0, 0.1) is 10.1 Å². The number of fused-ring (bicyclic) bond motifs is 1. The highest BCUT2D eigenvalue weighted by Crippen LogP contribution is 2.30. The molecule has 1 heterocycles. The maximum atomic E-state index is 12.2. The fraction of sp³-hybridized carbons (Fsp3) is 0.263. The van der Waals surface area contributed by atoms with Gasteiger partial charge in [0.05, 0.1) is 23.8 Å². The Kier molecular flexibility index (Phi) is 5.65. The van der Waals surface area contributed by atoms with E-state index in [0.29, 0.717) is 30.4 Å². The van der Waals surface area contributed by atoms with Crippen molar-refractivity contribution in [2.45, 2.75) is 19.8 Å². The second-order valence-electron chi connectivity index (χ2n) is 6.01. The number of hydrogen-bond donors (Lipinski definition) is 1. The number of amides is 1. The molecule has 140 valence electrons. The van der Waals surface area contributed by atoms with E-state index in [1.807, 2.05) is 18.2 Å². The second-order valence-corrected chi connectivity index (χ2v) is 6.01. The molecule has 0 saturated heterocycles. The van der Waals surface area contributed by atoms with Crippen LogP contribution in [0.15, 0.2) is 47.6 Å². The average Bonchev–Trinajstić information content (AvgIpc) is 2.66. The maximum absolute atomic E-state index is 12.2. The smallest absolute Gasteiger partial charge is 0.271 e. The molecule has 27 heavy (non-hydrogen) atoms. The normalized spacial score (nSPS) is 14.0. The van der Waals surface area contributed by atoms with Crippen molar-refractivity contribution in [3.05, 3.63) is 63.7 Å². The molecule has 3 rings (SSSR count). The standard InChI is InChI=1S/C19H19N3O5/c1-13(14-7-8-17-18(12-14)27-10-3-2-9-26-17)20-21-19(23)15-5-4-6-16(11-15)22(24)25/h4-8,11-12H,2-3,9-10H2,1H3,(H,21,23). The summed E-state index contributed by atoms with van der Waals surface area (Å²) in [5, 5.41) is 14.9. The lowest BCUT2D eigenvalue weighted by atomic mass is 10.1. The van der Waals surface area contributed by atoms with Crippen LogP contribution in [0.25, 0.3) is 0 Å². The van der Waals surface area contributed by atoms with Crippen LogP contribution in [-0.4, -0.2) is 29.8 Å². The summed E-state index contributed by atoms with van der Waals surface area (Å²) in [5.74, 6) is 0.808. The Morgan fingerprint density at radius 3 is 2.56 bits per heavy atom. The summed E-state index contributed by atoms with van der Waals surface area (Å²) in [6.45, 7) is 3.03. The van der Waals surface area contributed by atoms with Crippen LogP contribution in [0.5, 0.6) is 11.5 Å². The van der Waals surface area contributed by atoms with E-state index in [1.165, 1.54) is 24.3 Å². The van der Waals surface area contributed by atoms with Gasteiger partial charge in [0, 0.05) is 23.3 Å². The highest BCUT2D eigenvalue weighted by Gasteiger charge is 2.13. The van der Waals surface area contributed by atoms with Gasteiger partial charge in [-0.2, -0.15) is 5.10 Å². The number of nitrogens with zero attached hydrogens (tertiary/aromatic N) is 2. The molecular weight excluding hydrogens is 350 g/mol. The SMILES string of the molecule is CC(=NNC(=O)c1cccc([N+](=O)[O-])c1)c1ccc2c(c1)OCCCCO2. The molecule has 1 aliphatic heterocycles. The first kappa shape index (κ1) is 18.4. The van der Waals surface area contributed by atoms with Crippen molar-refractivity contribution >= 4 is 17.3 Å². The van der Waals surface area contributed by atoms with Gasteiger partial charge in [0.1, 0.15) is 0 Å². The van der Waals surface area contributed by atoms with Gasteiger partial charge in [0.25, 0.3) is 11.6 Å². The number of carbonyl (C=O) groups excluding carboxylic acids is 1. The molecule has 2 aromatic carbocycles. The number of hydrogen-bond acceptors (Lipinski definition) is 6. The van der Waals surface area contributed by atoms with Crippen LogP contribution in [-0.2, 0) is 0 Å². The Hall–Kier alpha value is -3.42. The molecule has 1 N–H and O–H groups in total. The van der Waals surface area contributed by atoms with Crippen LogP contribution >= 0.6 is 0 Å². The molecule has 1 aliphatic rings. The third-order valence-electron chi connectivity index (χ3n) is 4.06. The quantitative estimate of drug-likeness (QED) is 0.506. The molecule has 0 aromatic heterocycles. The lowest BCUT2D eigenvalue weighted by Crippen LogP contribution is -2.19. The van der Waals surface area contributed by atoms with Crippen LogP contribution in [0.1, 0.15) is 35.7 Å². The van der Waals surface area contributed by atoms with E-state index in [4.69, 9.17) is 9.47 Å². The predicted octanol–water partition coefficient (Wildman–Crippen LogP) is 3.30. The highest BCUT2D eigenvalue weighted by molar-refractivity contribution is 6.01. The number of benzene rings is 2. The first-order valence-corrected chi connectivity index (χ1v) is 8.54. The van der Waals surface area contributed by atoms with Crippen molar-refractivity contribution in [1.82, 2.24) is 5.43 Å². The van der Waals surface area contributed by atoms with Crippen molar-refractivity contribution in [3.8, 4) is 11.5 Å². The summed E-state index contributed by atoms with van der Waals surface area (Å²) in [6, 6.07) is 10.9. The Morgan fingerprint density at radius 2 is 1.81 bits per heavy atom. The number of carbonyl (C=O) groups is 1. The van der Waals surface area contributed by atoms with Gasteiger partial charge < -0.3 is 9.47 Å². The Balaban J connectivity index is 1.73. The molecule has 8 heteroatoms. The van der Waals surface area contributed by atoms with E-state index in [9.17, 15) is 14.9 Å². The van der Waals surface area contributed by atoms with Crippen LogP contribution < -0.4 is 14.9 Å². The molecule has 0 atom stereocenters. The first-order chi connectivity index (χ1) is 13.0. The van der Waals surface area contributed by atoms with Gasteiger partial charge in [-0.1, -0.05) is 6.07 Å². The number of nitro groups is 1. The summed E-state index contributed by atoms with van der Waals surface area (Å²) < 4.78 is 11.4. The fourth-order valence-corrected chi connectivity index (χ4v) is 2.56. The largest absolute Gasteiger partial charge is 0.490 e. The summed E-state index contributed by atoms with van der Waals surface area (Å²) in [7, 11) is 0. The molecule has 8 nitrogen and oxygen atoms in total. The van der Waals surface area contributed by atoms with E-state index < -0.39 is 10.8 Å². The molecule has 1 amide bonds. The molecule has 2 aromatic rings. The third kappa shape index (κ3) is 4.60. The molecule has 0 bridgehead atoms. The summed E-state index contributed by atoms with van der Waals surface area (Å²) in [5.41, 5.74) is 3.78. The third-order valence-corrected chi connectivity index (χ3v) is 4.06. The number of nitrogens with one attached hydrogen (secondary N) is 1. The molecule has 0 saturated carbocycles. The second kappa shape index (κ2) is 8.31. The van der Waals surface area contributed by atoms with E-state index in [0.717, 1.165) is 18.4 Å². The maximum Gasteiger partial charge on any atom is 0.271 e. The van der Waals surface area contributed by atoms with Crippen molar-refractivity contribution in [2.75, 3.05) is 13.2 Å². The van der Waals surface area contributed by atoms with Gasteiger partial charge in [-0.3, -0.25) is 14.9 Å². The van der Waals surface area contributed by atoms with Gasteiger partial charge in [0.2, 0.25) is 0 Å². The van der Waals surface area contributed by atoms with Crippen LogP contribution in [0.3, 0.4) is 0 Å². The average molecular weight is 369 g/mol. The van der Waals surface area contributed by atoms with Gasteiger partial charge in [-0.25, -0.2) is 5.43 Å². The predicted molar refractivity (Wildman–Crippen MR) is 99.4 cm³/mol. The summed E-state index contributed by atoms with van der Waals surface area (Å²) in [6.07, 6.45) is 1.88. The number of nitro benzene ring substituents is 1. The zero-order valence-electron chi connectivity index (χ0n) is 14.8. The lowest BCUT2D eigenvalue weighted by molar-refractivity contribution is -0.384. The molecule has 0 radical (unpaired) electrons. The first-order valence-electron chi connectivity index (χ1n) is 8.54. The number of rotatable bonds is 4. The minimum atomic E-state index is -0.550. The zero-order valence-corrected chi connectivity index (χ0v) is 14.8. The van der Waals surface area contributed by atoms with Crippen LogP contribution in [0.4, 0.5) is 5.69 Å². The Morgan fingerprint density at radius 1 is 1.07 bits per heavy atom. The Bertz CT molecular complexity index is 895. The zero-order chi connectivity index (χ0) is 19.2. The van der Waals surface area contributed by atoms with Crippen LogP contribution in [0.2, 0.25) is 0 Å². The molecular formula is C19H19N3O5. The van der Waals surface area contributed by atoms with E-state index in [2.05, 4.69) is 10.5 Å². The minimum Gasteiger partial charge on any atom is -0.490 e. The van der Waals surface area contributed by atoms with Crippen molar-refractivity contribution < 1.29 is 19.2 Å².